The van der Waals surface area contributed by atoms with Crippen molar-refractivity contribution < 1.29 is 18.0 Å². The lowest BCUT2D eigenvalue weighted by atomic mass is 10.9. The summed E-state index contributed by atoms with van der Waals surface area (Å²) in [7, 11) is 2.25. The van der Waals surface area contributed by atoms with Gasteiger partial charge in [-0.25, -0.2) is 0 Å². The number of hydrazine groups is 1. The van der Waals surface area contributed by atoms with Gasteiger partial charge in [-0.1, -0.05) is 11.8 Å². The molecular formula is C5H9F3N2O. The Morgan fingerprint density at radius 3 is 2.00 bits per heavy atom. The van der Waals surface area contributed by atoms with Gasteiger partial charge in [-0.2, -0.15) is 5.01 Å². The van der Waals surface area contributed by atoms with Gasteiger partial charge in [-0.15, -0.1) is 13.2 Å². The van der Waals surface area contributed by atoms with E-state index >= 15 is 0 Å². The Balaban J connectivity index is 4.28. The molecule has 0 bridgehead atoms. The van der Waals surface area contributed by atoms with Gasteiger partial charge in [0, 0.05) is 13.2 Å². The van der Waals surface area contributed by atoms with E-state index in [1.807, 2.05) is 0 Å². The molecule has 3 nitrogen and oxygen atoms in total. The van der Waals surface area contributed by atoms with E-state index in [9.17, 15) is 13.2 Å². The Morgan fingerprint density at radius 2 is 1.91 bits per heavy atom. The van der Waals surface area contributed by atoms with Crippen LogP contribution in [0.2, 0.25) is 0 Å². The molecule has 0 heterocycles. The molecule has 0 aliphatic heterocycles. The second-order valence-electron chi connectivity index (χ2n) is 1.64. The minimum atomic E-state index is -4.49. The molecule has 0 aromatic carbocycles. The number of hydrogen-bond acceptors (Lipinski definition) is 3. The summed E-state index contributed by atoms with van der Waals surface area (Å²) in [5.41, 5.74) is 0. The van der Waals surface area contributed by atoms with E-state index in [-0.39, 0.29) is 5.01 Å². The van der Waals surface area contributed by atoms with Crippen molar-refractivity contribution in [1.29, 1.82) is 0 Å². The van der Waals surface area contributed by atoms with Gasteiger partial charge in [0.15, 0.2) is 0 Å². The van der Waals surface area contributed by atoms with Gasteiger partial charge >= 0.3 is 6.30 Å². The highest BCUT2D eigenvalue weighted by atomic mass is 19.4. The topological polar surface area (TPSA) is 15.7 Å². The molecule has 0 unspecified atom stereocenters. The van der Waals surface area contributed by atoms with E-state index in [0.29, 0.717) is 11.4 Å². The highest BCUT2D eigenvalue weighted by molar-refractivity contribution is 4.67. The third-order valence-electron chi connectivity index (χ3n) is 1.00. The number of hydrogen-bond donors (Lipinski definition) is 0. The summed E-state index contributed by atoms with van der Waals surface area (Å²) in [5.74, 6) is 0. The summed E-state index contributed by atoms with van der Waals surface area (Å²) in [4.78, 5) is 4.30. The van der Waals surface area contributed by atoms with Crippen LogP contribution in [0.4, 0.5) is 13.2 Å². The maximum Gasteiger partial charge on any atom is 0.500 e. The zero-order chi connectivity index (χ0) is 9.07. The molecule has 0 aliphatic carbocycles. The first-order valence-electron chi connectivity index (χ1n) is 2.70. The van der Waals surface area contributed by atoms with E-state index in [1.54, 1.807) is 0 Å². The van der Waals surface area contributed by atoms with Crippen LogP contribution in [0, 0.1) is 0 Å². The fourth-order valence-corrected chi connectivity index (χ4v) is 0.466. The Hall–Kier alpha value is -0.750. The summed E-state index contributed by atoms with van der Waals surface area (Å²) in [6.07, 6.45) is -3.88. The van der Waals surface area contributed by atoms with Crippen LogP contribution in [0.3, 0.4) is 0 Å². The van der Waals surface area contributed by atoms with E-state index < -0.39 is 6.30 Å². The summed E-state index contributed by atoms with van der Waals surface area (Å²) >= 11 is 0. The Labute approximate surface area is 62.6 Å². The Morgan fingerprint density at radius 1 is 1.45 bits per heavy atom. The molecule has 0 aromatic rings. The predicted molar refractivity (Wildman–Crippen MR) is 32.9 cm³/mol. The summed E-state index contributed by atoms with van der Waals surface area (Å²) in [6, 6.07) is 0. The van der Waals surface area contributed by atoms with Crippen LogP contribution in [0.5, 0.6) is 0 Å². The van der Waals surface area contributed by atoms with Gasteiger partial charge in [0.05, 0.1) is 7.11 Å². The fraction of sp³-hybridized carbons (Fsp3) is 0.600. The molecular weight excluding hydrogens is 161 g/mol. The zero-order valence-corrected chi connectivity index (χ0v) is 6.22. The molecule has 0 saturated heterocycles. The van der Waals surface area contributed by atoms with Crippen molar-refractivity contribution in [3.05, 3.63) is 12.8 Å². The lowest BCUT2D eigenvalue weighted by Gasteiger charge is -2.29. The van der Waals surface area contributed by atoms with Crippen molar-refractivity contribution >= 4 is 0 Å². The van der Waals surface area contributed by atoms with Gasteiger partial charge < -0.3 is 0 Å². The molecule has 0 spiro atoms. The molecule has 0 radical (unpaired) electrons. The maximum atomic E-state index is 11.9. The quantitative estimate of drug-likeness (QED) is 0.469. The molecule has 0 amide bonds. The van der Waals surface area contributed by atoms with Crippen LogP contribution in [0.15, 0.2) is 12.8 Å². The molecule has 11 heavy (non-hydrogen) atoms. The number of rotatable bonds is 3. The standard InChI is InChI=1S/C5H9F3N2O/c1-4-10(5(6,7)8)9(2)11-3/h4H,1H2,2-3H3. The average molecular weight is 170 g/mol. The molecule has 0 N–H and O–H groups in total. The zero-order valence-electron chi connectivity index (χ0n) is 6.22. The minimum Gasteiger partial charge on any atom is -0.283 e. The molecule has 0 fully saturated rings. The van der Waals surface area contributed by atoms with E-state index in [0.717, 1.165) is 14.2 Å². The molecule has 66 valence electrons. The number of hydroxylamine groups is 1. The van der Waals surface area contributed by atoms with Gasteiger partial charge in [-0.3, -0.25) is 4.84 Å². The van der Waals surface area contributed by atoms with Crippen LogP contribution in [-0.4, -0.2) is 30.6 Å². The second-order valence-corrected chi connectivity index (χ2v) is 1.64. The summed E-state index contributed by atoms with van der Waals surface area (Å²) in [5, 5.41) is 0.431. The third kappa shape index (κ3) is 2.77. The van der Waals surface area contributed by atoms with Crippen LogP contribution < -0.4 is 0 Å². The first-order valence-corrected chi connectivity index (χ1v) is 2.70. The van der Waals surface area contributed by atoms with Crippen molar-refractivity contribution in [2.45, 2.75) is 6.30 Å². The Kier molecular flexibility index (Phi) is 3.34. The van der Waals surface area contributed by atoms with Crippen molar-refractivity contribution in [1.82, 2.24) is 10.2 Å². The SMILES string of the molecule is C=CN(N(C)OC)C(F)(F)F. The largest absolute Gasteiger partial charge is 0.500 e. The van der Waals surface area contributed by atoms with E-state index in [4.69, 9.17) is 0 Å². The highest BCUT2D eigenvalue weighted by Crippen LogP contribution is 2.22. The van der Waals surface area contributed by atoms with Gasteiger partial charge in [0.2, 0.25) is 0 Å². The van der Waals surface area contributed by atoms with Crippen molar-refractivity contribution in [2.75, 3.05) is 14.2 Å². The molecule has 0 saturated carbocycles. The Bertz CT molecular complexity index is 136. The molecule has 0 rings (SSSR count). The molecule has 6 heteroatoms. The number of alkyl halides is 3. The smallest absolute Gasteiger partial charge is 0.283 e. The van der Waals surface area contributed by atoms with Crippen LogP contribution in [0.25, 0.3) is 0 Å². The number of halogens is 3. The lowest BCUT2D eigenvalue weighted by Crippen LogP contribution is -2.44. The fourth-order valence-electron chi connectivity index (χ4n) is 0.466. The van der Waals surface area contributed by atoms with Gasteiger partial charge in [0.1, 0.15) is 0 Å². The van der Waals surface area contributed by atoms with Crippen LogP contribution in [-0.2, 0) is 4.84 Å². The maximum absolute atomic E-state index is 11.9. The number of nitrogens with zero attached hydrogens (tertiary/aromatic N) is 2. The third-order valence-corrected chi connectivity index (χ3v) is 1.00. The van der Waals surface area contributed by atoms with Crippen LogP contribution in [0.1, 0.15) is 0 Å². The van der Waals surface area contributed by atoms with E-state index in [1.165, 1.54) is 0 Å². The second kappa shape index (κ2) is 3.59. The summed E-state index contributed by atoms with van der Waals surface area (Å²) < 4.78 is 35.7. The van der Waals surface area contributed by atoms with Crippen molar-refractivity contribution in [2.24, 2.45) is 0 Å². The van der Waals surface area contributed by atoms with Crippen molar-refractivity contribution in [3.63, 3.8) is 0 Å². The normalized spacial score (nSPS) is 11.8. The predicted octanol–water partition coefficient (Wildman–Crippen LogP) is 1.36. The van der Waals surface area contributed by atoms with Crippen molar-refractivity contribution in [3.8, 4) is 0 Å². The molecule has 0 aromatic heterocycles. The summed E-state index contributed by atoms with van der Waals surface area (Å²) in [6.45, 7) is 2.98. The first-order chi connectivity index (χ1) is 4.93. The molecule has 0 atom stereocenters. The highest BCUT2D eigenvalue weighted by Gasteiger charge is 2.37. The minimum absolute atomic E-state index is 0.0903. The monoisotopic (exact) mass is 170 g/mol. The average Bonchev–Trinajstić information content (AvgIpc) is 1.86. The van der Waals surface area contributed by atoms with Gasteiger partial charge in [-0.05, 0) is 0 Å². The molecule has 0 aliphatic rings. The van der Waals surface area contributed by atoms with E-state index in [2.05, 4.69) is 11.4 Å². The van der Waals surface area contributed by atoms with Gasteiger partial charge in [0.25, 0.3) is 0 Å². The van der Waals surface area contributed by atoms with Crippen LogP contribution >= 0.6 is 0 Å². The first kappa shape index (κ1) is 10.2. The lowest BCUT2D eigenvalue weighted by molar-refractivity contribution is -0.365.